The van der Waals surface area contributed by atoms with Gasteiger partial charge in [-0.3, -0.25) is 4.90 Å². The molecule has 1 nitrogen and oxygen atoms in total. The van der Waals surface area contributed by atoms with Crippen LogP contribution in [0.3, 0.4) is 0 Å². The Morgan fingerprint density at radius 1 is 1.12 bits per heavy atom. The largest absolute Gasteiger partial charge is 0.404 e. The molecule has 0 amide bonds. The topological polar surface area (TPSA) is 3.24 Å². The van der Waals surface area contributed by atoms with Crippen molar-refractivity contribution in [2.24, 2.45) is 5.41 Å². The first-order valence-electron chi connectivity index (χ1n) is 6.27. The van der Waals surface area contributed by atoms with Crippen LogP contribution in [0.4, 0.5) is 13.2 Å². The van der Waals surface area contributed by atoms with Crippen molar-refractivity contribution in [2.75, 3.05) is 7.05 Å². The van der Waals surface area contributed by atoms with Crippen molar-refractivity contribution >= 4 is 0 Å². The molecule has 0 aliphatic carbocycles. The van der Waals surface area contributed by atoms with Gasteiger partial charge in [-0.15, -0.1) is 0 Å². The molecule has 0 aromatic rings. The normalized spacial score (nSPS) is 17.3. The molecule has 0 bridgehead atoms. The number of rotatable bonds is 5. The first-order chi connectivity index (χ1) is 7.49. The molecule has 0 aromatic carbocycles. The fraction of sp³-hybridized carbons (Fsp3) is 1.00. The Morgan fingerprint density at radius 3 is 1.88 bits per heavy atom. The molecule has 17 heavy (non-hydrogen) atoms. The molecule has 0 saturated heterocycles. The molecular formula is C13H26F3N. The van der Waals surface area contributed by atoms with E-state index in [0.29, 0.717) is 0 Å². The number of nitrogens with zero attached hydrogens (tertiary/aromatic N) is 1. The fourth-order valence-corrected chi connectivity index (χ4v) is 1.90. The molecule has 0 rings (SSSR count). The minimum atomic E-state index is -4.13. The average molecular weight is 253 g/mol. The molecule has 0 radical (unpaired) electrons. The quantitative estimate of drug-likeness (QED) is 0.698. The van der Waals surface area contributed by atoms with E-state index in [-0.39, 0.29) is 17.9 Å². The number of hydrogen-bond donors (Lipinski definition) is 0. The first kappa shape index (κ1) is 16.8. The minimum absolute atomic E-state index is 0.0409. The molecule has 104 valence electrons. The highest BCUT2D eigenvalue weighted by molar-refractivity contribution is 4.80. The molecule has 0 aromatic heterocycles. The maximum absolute atomic E-state index is 12.8. The molecule has 4 heteroatoms. The highest BCUT2D eigenvalue weighted by atomic mass is 19.4. The molecule has 0 fully saturated rings. The summed E-state index contributed by atoms with van der Waals surface area (Å²) in [5, 5.41) is 0. The second kappa shape index (κ2) is 6.07. The van der Waals surface area contributed by atoms with E-state index in [1.807, 2.05) is 6.92 Å². The maximum atomic E-state index is 12.8. The summed E-state index contributed by atoms with van der Waals surface area (Å²) < 4.78 is 38.3. The van der Waals surface area contributed by atoms with Crippen LogP contribution in [0.2, 0.25) is 0 Å². The van der Waals surface area contributed by atoms with E-state index < -0.39 is 12.2 Å². The van der Waals surface area contributed by atoms with Gasteiger partial charge in [0.05, 0.1) is 0 Å². The Kier molecular flexibility index (Phi) is 5.99. The van der Waals surface area contributed by atoms with Gasteiger partial charge in [0.15, 0.2) is 0 Å². The molecule has 2 atom stereocenters. The van der Waals surface area contributed by atoms with E-state index >= 15 is 0 Å². The van der Waals surface area contributed by atoms with Gasteiger partial charge in [0.25, 0.3) is 0 Å². The lowest BCUT2D eigenvalue weighted by Gasteiger charge is -2.35. The average Bonchev–Trinajstić information content (AvgIpc) is 2.11. The number of halogens is 3. The van der Waals surface area contributed by atoms with Crippen molar-refractivity contribution in [3.63, 3.8) is 0 Å². The van der Waals surface area contributed by atoms with Crippen molar-refractivity contribution in [2.45, 2.75) is 72.1 Å². The lowest BCUT2D eigenvalue weighted by molar-refractivity contribution is -0.186. The SMILES string of the molecule is CC[C@@H](N(C)[C@H](C)CCC(C)(C)C)C(F)(F)F. The van der Waals surface area contributed by atoms with Crippen LogP contribution >= 0.6 is 0 Å². The third-order valence-electron chi connectivity index (χ3n) is 3.26. The van der Waals surface area contributed by atoms with Crippen LogP contribution in [0.25, 0.3) is 0 Å². The van der Waals surface area contributed by atoms with Crippen molar-refractivity contribution < 1.29 is 13.2 Å². The summed E-state index contributed by atoms with van der Waals surface area (Å²) in [5.74, 6) is 0. The van der Waals surface area contributed by atoms with Gasteiger partial charge in [0, 0.05) is 6.04 Å². The smallest absolute Gasteiger partial charge is 0.293 e. The van der Waals surface area contributed by atoms with Crippen molar-refractivity contribution in [3.8, 4) is 0 Å². The van der Waals surface area contributed by atoms with Gasteiger partial charge in [-0.1, -0.05) is 27.7 Å². The van der Waals surface area contributed by atoms with E-state index in [1.54, 1.807) is 14.0 Å². The Balaban J connectivity index is 4.42. The summed E-state index contributed by atoms with van der Waals surface area (Å²) in [6.07, 6.45) is -2.28. The zero-order valence-electron chi connectivity index (χ0n) is 11.9. The molecule has 0 spiro atoms. The van der Waals surface area contributed by atoms with Gasteiger partial charge in [0.2, 0.25) is 0 Å². The van der Waals surface area contributed by atoms with Crippen LogP contribution in [0.1, 0.15) is 53.9 Å². The Bertz CT molecular complexity index is 218. The molecule has 0 saturated carbocycles. The zero-order chi connectivity index (χ0) is 13.9. The van der Waals surface area contributed by atoms with Crippen LogP contribution < -0.4 is 0 Å². The predicted molar refractivity (Wildman–Crippen MR) is 66.0 cm³/mol. The second-order valence-corrected chi connectivity index (χ2v) is 6.08. The fourth-order valence-electron chi connectivity index (χ4n) is 1.90. The highest BCUT2D eigenvalue weighted by Gasteiger charge is 2.42. The summed E-state index contributed by atoms with van der Waals surface area (Å²) in [4.78, 5) is 1.46. The van der Waals surface area contributed by atoms with Gasteiger partial charge in [0.1, 0.15) is 6.04 Å². The van der Waals surface area contributed by atoms with E-state index in [9.17, 15) is 13.2 Å². The van der Waals surface area contributed by atoms with Gasteiger partial charge < -0.3 is 0 Å². The van der Waals surface area contributed by atoms with E-state index in [2.05, 4.69) is 20.8 Å². The van der Waals surface area contributed by atoms with Crippen LogP contribution in [0.15, 0.2) is 0 Å². The zero-order valence-corrected chi connectivity index (χ0v) is 11.9. The van der Waals surface area contributed by atoms with Crippen LogP contribution in [0, 0.1) is 5.41 Å². The van der Waals surface area contributed by atoms with Crippen molar-refractivity contribution in [1.82, 2.24) is 4.90 Å². The Morgan fingerprint density at radius 2 is 1.59 bits per heavy atom. The molecular weight excluding hydrogens is 227 g/mol. The molecule has 0 heterocycles. The van der Waals surface area contributed by atoms with Crippen LogP contribution in [-0.2, 0) is 0 Å². The minimum Gasteiger partial charge on any atom is -0.293 e. The van der Waals surface area contributed by atoms with Gasteiger partial charge in [-0.2, -0.15) is 13.2 Å². The molecule has 0 aliphatic rings. The van der Waals surface area contributed by atoms with E-state index in [1.165, 1.54) is 4.90 Å². The predicted octanol–water partition coefficient (Wildman–Crippen LogP) is 4.47. The number of hydrogen-bond acceptors (Lipinski definition) is 1. The summed E-state index contributed by atoms with van der Waals surface area (Å²) in [7, 11) is 1.58. The van der Waals surface area contributed by atoms with Gasteiger partial charge in [-0.05, 0) is 38.6 Å². The standard InChI is InChI=1S/C13H26F3N/c1-7-11(13(14,15)16)17(6)10(2)8-9-12(3,4)5/h10-11H,7-9H2,1-6H3/t10-,11-/m1/s1. The first-order valence-corrected chi connectivity index (χ1v) is 6.27. The summed E-state index contributed by atoms with van der Waals surface area (Å²) in [5.41, 5.74) is 0.176. The lowest BCUT2D eigenvalue weighted by atomic mass is 9.88. The van der Waals surface area contributed by atoms with Crippen LogP contribution in [0.5, 0.6) is 0 Å². The Hall–Kier alpha value is -0.250. The lowest BCUT2D eigenvalue weighted by Crippen LogP contribution is -2.47. The highest BCUT2D eigenvalue weighted by Crippen LogP contribution is 2.29. The number of alkyl halides is 3. The van der Waals surface area contributed by atoms with Gasteiger partial charge >= 0.3 is 6.18 Å². The maximum Gasteiger partial charge on any atom is 0.404 e. The van der Waals surface area contributed by atoms with Crippen LogP contribution in [-0.4, -0.2) is 30.2 Å². The third kappa shape index (κ3) is 6.29. The second-order valence-electron chi connectivity index (χ2n) is 6.08. The molecule has 0 N–H and O–H groups in total. The summed E-state index contributed by atoms with van der Waals surface area (Å²) in [6.45, 7) is 9.80. The summed E-state index contributed by atoms with van der Waals surface area (Å²) in [6, 6.07) is -1.36. The third-order valence-corrected chi connectivity index (χ3v) is 3.26. The molecule has 0 unspecified atom stereocenters. The van der Waals surface area contributed by atoms with Crippen molar-refractivity contribution in [3.05, 3.63) is 0 Å². The summed E-state index contributed by atoms with van der Waals surface area (Å²) >= 11 is 0. The Labute approximate surface area is 103 Å². The van der Waals surface area contributed by atoms with E-state index in [0.717, 1.165) is 12.8 Å². The van der Waals surface area contributed by atoms with Gasteiger partial charge in [-0.25, -0.2) is 0 Å². The molecule has 0 aliphatic heterocycles. The monoisotopic (exact) mass is 253 g/mol. The van der Waals surface area contributed by atoms with Crippen molar-refractivity contribution in [1.29, 1.82) is 0 Å². The van der Waals surface area contributed by atoms with E-state index in [4.69, 9.17) is 0 Å².